The van der Waals surface area contributed by atoms with Crippen molar-refractivity contribution in [1.82, 2.24) is 20.4 Å². The van der Waals surface area contributed by atoms with Crippen LogP contribution in [0.4, 0.5) is 10.6 Å². The second-order valence-corrected chi connectivity index (χ2v) is 9.84. The zero-order valence-corrected chi connectivity index (χ0v) is 20.3. The Morgan fingerprint density at radius 2 is 1.88 bits per heavy atom. The van der Waals surface area contributed by atoms with Crippen molar-refractivity contribution in [3.05, 3.63) is 76.5 Å². The first-order chi connectivity index (χ1) is 15.4. The number of rotatable bonds is 3. The first kappa shape index (κ1) is 23.3. The van der Waals surface area contributed by atoms with Crippen molar-refractivity contribution in [2.75, 3.05) is 11.9 Å². The van der Waals surface area contributed by atoms with Gasteiger partial charge in [-0.15, -0.1) is 12.4 Å². The van der Waals surface area contributed by atoms with E-state index in [0.717, 1.165) is 43.7 Å². The SMILES string of the molecule is CC(C)(C)c1cc(NC(=O)N[C@H]2CCc3ccccc32)n(-c2ccc3c(c2)CCNC3)n1.Cl. The number of aryl methyl sites for hydroxylation is 1. The monoisotopic (exact) mass is 465 g/mol. The van der Waals surface area contributed by atoms with Crippen molar-refractivity contribution in [1.29, 1.82) is 0 Å². The fourth-order valence-electron chi connectivity index (χ4n) is 4.65. The van der Waals surface area contributed by atoms with Crippen molar-refractivity contribution >= 4 is 24.3 Å². The predicted molar refractivity (Wildman–Crippen MR) is 135 cm³/mol. The topological polar surface area (TPSA) is 71.0 Å². The molecule has 6 nitrogen and oxygen atoms in total. The highest BCUT2D eigenvalue weighted by atomic mass is 35.5. The molecule has 0 saturated heterocycles. The van der Waals surface area contributed by atoms with Crippen LogP contribution in [0.2, 0.25) is 0 Å². The Bertz CT molecular complexity index is 1160. The van der Waals surface area contributed by atoms with Gasteiger partial charge in [-0.3, -0.25) is 5.32 Å². The number of halogens is 1. The molecule has 2 aliphatic rings. The van der Waals surface area contributed by atoms with Gasteiger partial charge in [0.25, 0.3) is 0 Å². The molecule has 0 fully saturated rings. The lowest BCUT2D eigenvalue weighted by Gasteiger charge is -2.19. The summed E-state index contributed by atoms with van der Waals surface area (Å²) in [6.45, 7) is 8.30. The summed E-state index contributed by atoms with van der Waals surface area (Å²) in [6.07, 6.45) is 2.93. The summed E-state index contributed by atoms with van der Waals surface area (Å²) in [6, 6.07) is 16.6. The summed E-state index contributed by atoms with van der Waals surface area (Å²) in [5.41, 5.74) is 7.00. The summed E-state index contributed by atoms with van der Waals surface area (Å²) in [4.78, 5) is 13.0. The molecule has 0 bridgehead atoms. The van der Waals surface area contributed by atoms with Crippen LogP contribution in [0.3, 0.4) is 0 Å². The molecule has 0 radical (unpaired) electrons. The van der Waals surface area contributed by atoms with Gasteiger partial charge in [0.2, 0.25) is 0 Å². The molecule has 5 rings (SSSR count). The lowest BCUT2D eigenvalue weighted by atomic mass is 9.92. The Labute approximate surface area is 201 Å². The van der Waals surface area contributed by atoms with Gasteiger partial charge in [0.05, 0.1) is 17.4 Å². The van der Waals surface area contributed by atoms with E-state index in [9.17, 15) is 4.79 Å². The molecule has 2 heterocycles. The molecule has 2 amide bonds. The molecule has 1 aliphatic heterocycles. The van der Waals surface area contributed by atoms with E-state index in [1.807, 2.05) is 16.8 Å². The summed E-state index contributed by atoms with van der Waals surface area (Å²) in [5.74, 6) is 0.688. The van der Waals surface area contributed by atoms with Crippen molar-refractivity contribution < 1.29 is 4.79 Å². The molecule has 1 aliphatic carbocycles. The number of carbonyl (C=O) groups excluding carboxylic acids is 1. The third-order valence-electron chi connectivity index (χ3n) is 6.48. The number of hydrogen-bond acceptors (Lipinski definition) is 3. The van der Waals surface area contributed by atoms with Crippen molar-refractivity contribution in [2.24, 2.45) is 0 Å². The Morgan fingerprint density at radius 1 is 1.06 bits per heavy atom. The first-order valence-electron chi connectivity index (χ1n) is 11.5. The lowest BCUT2D eigenvalue weighted by molar-refractivity contribution is 0.248. The number of hydrogen-bond donors (Lipinski definition) is 3. The highest BCUT2D eigenvalue weighted by Crippen LogP contribution is 2.31. The van der Waals surface area contributed by atoms with E-state index in [4.69, 9.17) is 5.10 Å². The fourth-order valence-corrected chi connectivity index (χ4v) is 4.65. The van der Waals surface area contributed by atoms with Gasteiger partial charge < -0.3 is 10.6 Å². The van der Waals surface area contributed by atoms with Gasteiger partial charge in [0, 0.05) is 18.0 Å². The molecule has 3 aromatic rings. The van der Waals surface area contributed by atoms with Crippen LogP contribution in [0.1, 0.15) is 61.2 Å². The molecule has 0 spiro atoms. The Balaban J connectivity index is 0.00000259. The molecular formula is C26H32ClN5O. The van der Waals surface area contributed by atoms with Crippen LogP contribution in [0.15, 0.2) is 48.5 Å². The standard InChI is InChI=1S/C26H31N5O.ClH/c1-26(2,3)23-15-24(29-25(32)28-22-11-9-17-6-4-5-7-21(17)22)31(30-23)20-10-8-19-16-27-13-12-18(19)14-20;/h4-8,10,14-15,22,27H,9,11-13,16H2,1-3H3,(H2,28,29,32);1H/t22-;/m0./s1. The molecule has 1 aromatic heterocycles. The smallest absolute Gasteiger partial charge is 0.320 e. The van der Waals surface area contributed by atoms with Crippen LogP contribution >= 0.6 is 12.4 Å². The third kappa shape index (κ3) is 4.77. The van der Waals surface area contributed by atoms with Crippen LogP contribution in [-0.2, 0) is 24.8 Å². The van der Waals surface area contributed by atoms with Crippen molar-refractivity contribution in [3.8, 4) is 5.69 Å². The number of nitrogens with zero attached hydrogens (tertiary/aromatic N) is 2. The predicted octanol–water partition coefficient (Wildman–Crippen LogP) is 5.05. The van der Waals surface area contributed by atoms with Crippen LogP contribution in [0, 0.1) is 0 Å². The molecule has 0 unspecified atom stereocenters. The number of aromatic nitrogens is 2. The van der Waals surface area contributed by atoms with Gasteiger partial charge in [-0.2, -0.15) is 5.10 Å². The Kier molecular flexibility index (Phi) is 6.50. The quantitative estimate of drug-likeness (QED) is 0.507. The summed E-state index contributed by atoms with van der Waals surface area (Å²) >= 11 is 0. The van der Waals surface area contributed by atoms with E-state index >= 15 is 0 Å². The molecule has 3 N–H and O–H groups in total. The molecule has 174 valence electrons. The largest absolute Gasteiger partial charge is 0.331 e. The number of urea groups is 1. The number of benzene rings is 2. The van der Waals surface area contributed by atoms with Crippen molar-refractivity contribution in [3.63, 3.8) is 0 Å². The van der Waals surface area contributed by atoms with Gasteiger partial charge >= 0.3 is 6.03 Å². The average Bonchev–Trinajstić information content (AvgIpc) is 3.38. The minimum absolute atomic E-state index is 0. The van der Waals surface area contributed by atoms with E-state index in [0.29, 0.717) is 5.82 Å². The Morgan fingerprint density at radius 3 is 2.70 bits per heavy atom. The maximum Gasteiger partial charge on any atom is 0.320 e. The molecular weight excluding hydrogens is 434 g/mol. The Hall–Kier alpha value is -2.83. The van der Waals surface area contributed by atoms with Crippen LogP contribution in [-0.4, -0.2) is 22.4 Å². The molecule has 1 atom stereocenters. The molecule has 2 aromatic carbocycles. The first-order valence-corrected chi connectivity index (χ1v) is 11.5. The number of anilines is 1. The normalized spacial score (nSPS) is 17.0. The number of fused-ring (bicyclic) bond motifs is 2. The van der Waals surface area contributed by atoms with E-state index < -0.39 is 0 Å². The fraction of sp³-hybridized carbons (Fsp3) is 0.385. The zero-order chi connectivity index (χ0) is 22.3. The minimum atomic E-state index is -0.199. The van der Waals surface area contributed by atoms with E-state index in [1.165, 1.54) is 22.3 Å². The van der Waals surface area contributed by atoms with Gasteiger partial charge in [0.15, 0.2) is 0 Å². The van der Waals surface area contributed by atoms with Gasteiger partial charge in [-0.05, 0) is 60.2 Å². The van der Waals surface area contributed by atoms with E-state index in [1.54, 1.807) is 0 Å². The van der Waals surface area contributed by atoms with E-state index in [-0.39, 0.29) is 29.9 Å². The maximum atomic E-state index is 13.0. The van der Waals surface area contributed by atoms with Crippen LogP contribution in [0.5, 0.6) is 0 Å². The summed E-state index contributed by atoms with van der Waals surface area (Å²) < 4.78 is 1.87. The summed E-state index contributed by atoms with van der Waals surface area (Å²) in [7, 11) is 0. The zero-order valence-electron chi connectivity index (χ0n) is 19.4. The lowest BCUT2D eigenvalue weighted by Crippen LogP contribution is -2.32. The average molecular weight is 466 g/mol. The highest BCUT2D eigenvalue weighted by molar-refractivity contribution is 5.89. The van der Waals surface area contributed by atoms with E-state index in [2.05, 4.69) is 73.1 Å². The van der Waals surface area contributed by atoms with Crippen LogP contribution < -0.4 is 16.0 Å². The number of carbonyl (C=O) groups is 1. The number of amides is 2. The molecule has 33 heavy (non-hydrogen) atoms. The highest BCUT2D eigenvalue weighted by Gasteiger charge is 2.25. The minimum Gasteiger partial charge on any atom is -0.331 e. The van der Waals surface area contributed by atoms with Crippen LogP contribution in [0.25, 0.3) is 5.69 Å². The van der Waals surface area contributed by atoms with Crippen molar-refractivity contribution in [2.45, 2.75) is 58.0 Å². The van der Waals surface area contributed by atoms with Gasteiger partial charge in [-0.1, -0.05) is 51.1 Å². The number of nitrogens with one attached hydrogen (secondary N) is 3. The van der Waals surface area contributed by atoms with Gasteiger partial charge in [-0.25, -0.2) is 9.48 Å². The molecule has 7 heteroatoms. The molecule has 0 saturated carbocycles. The van der Waals surface area contributed by atoms with Gasteiger partial charge in [0.1, 0.15) is 5.82 Å². The second-order valence-electron chi connectivity index (χ2n) is 9.84. The third-order valence-corrected chi connectivity index (χ3v) is 6.48. The summed E-state index contributed by atoms with van der Waals surface area (Å²) in [5, 5.41) is 14.5. The maximum absolute atomic E-state index is 13.0. The second kappa shape index (κ2) is 9.20.